The Balaban J connectivity index is 2.07. The highest BCUT2D eigenvalue weighted by atomic mass is 79.9. The second kappa shape index (κ2) is 7.34. The number of hydrogen-bond donors (Lipinski definition) is 1. The summed E-state index contributed by atoms with van der Waals surface area (Å²) >= 11 is 4.57. The SMILES string of the molecule is O=C1C(SCCO)=C(c2ccccc2)C(=O)N1c1cccc(Br)c1. The van der Waals surface area contributed by atoms with Crippen molar-refractivity contribution in [2.45, 2.75) is 0 Å². The van der Waals surface area contributed by atoms with Gasteiger partial charge in [0.1, 0.15) is 0 Å². The molecule has 2 amide bonds. The number of anilines is 1. The monoisotopic (exact) mass is 403 g/mol. The molecule has 0 unspecified atom stereocenters. The van der Waals surface area contributed by atoms with Gasteiger partial charge in [0.05, 0.1) is 22.8 Å². The molecule has 0 spiro atoms. The molecule has 0 aliphatic carbocycles. The molecular weight excluding hydrogens is 390 g/mol. The zero-order valence-electron chi connectivity index (χ0n) is 12.6. The molecule has 24 heavy (non-hydrogen) atoms. The molecule has 0 saturated heterocycles. The molecule has 3 rings (SSSR count). The van der Waals surface area contributed by atoms with Gasteiger partial charge in [0, 0.05) is 10.2 Å². The third-order valence-electron chi connectivity index (χ3n) is 3.51. The van der Waals surface area contributed by atoms with E-state index < -0.39 is 0 Å². The second-order valence-corrected chi connectivity index (χ2v) is 7.09. The van der Waals surface area contributed by atoms with Crippen molar-refractivity contribution in [1.82, 2.24) is 0 Å². The third kappa shape index (κ3) is 3.17. The van der Waals surface area contributed by atoms with Crippen molar-refractivity contribution in [1.29, 1.82) is 0 Å². The van der Waals surface area contributed by atoms with Crippen LogP contribution in [0.15, 0.2) is 64.0 Å². The molecule has 6 heteroatoms. The zero-order chi connectivity index (χ0) is 17.1. The van der Waals surface area contributed by atoms with Gasteiger partial charge in [0.2, 0.25) is 0 Å². The Morgan fingerprint density at radius 2 is 1.75 bits per heavy atom. The fraction of sp³-hybridized carbons (Fsp3) is 0.111. The lowest BCUT2D eigenvalue weighted by Crippen LogP contribution is -2.31. The van der Waals surface area contributed by atoms with E-state index in [-0.39, 0.29) is 18.4 Å². The van der Waals surface area contributed by atoms with Crippen LogP contribution >= 0.6 is 27.7 Å². The maximum Gasteiger partial charge on any atom is 0.272 e. The number of hydrogen-bond acceptors (Lipinski definition) is 4. The van der Waals surface area contributed by atoms with Crippen molar-refractivity contribution in [3.05, 3.63) is 69.5 Å². The molecule has 0 bridgehead atoms. The van der Waals surface area contributed by atoms with Crippen LogP contribution in [0, 0.1) is 0 Å². The molecule has 4 nitrogen and oxygen atoms in total. The number of rotatable bonds is 5. The van der Waals surface area contributed by atoms with E-state index in [1.165, 1.54) is 16.7 Å². The molecule has 0 atom stereocenters. The molecule has 1 heterocycles. The van der Waals surface area contributed by atoms with Gasteiger partial charge in [-0.25, -0.2) is 4.90 Å². The number of imide groups is 1. The van der Waals surface area contributed by atoms with Gasteiger partial charge in [-0.2, -0.15) is 0 Å². The molecule has 0 radical (unpaired) electrons. The molecule has 0 fully saturated rings. The van der Waals surface area contributed by atoms with E-state index in [9.17, 15) is 9.59 Å². The lowest BCUT2D eigenvalue weighted by atomic mass is 10.1. The molecule has 1 aliphatic heterocycles. The highest BCUT2D eigenvalue weighted by Gasteiger charge is 2.40. The van der Waals surface area contributed by atoms with Gasteiger partial charge >= 0.3 is 0 Å². The van der Waals surface area contributed by atoms with Gasteiger partial charge in [-0.15, -0.1) is 11.8 Å². The minimum Gasteiger partial charge on any atom is -0.396 e. The van der Waals surface area contributed by atoms with Crippen molar-refractivity contribution in [2.24, 2.45) is 0 Å². The Kier molecular flexibility index (Phi) is 5.18. The maximum absolute atomic E-state index is 13.0. The van der Waals surface area contributed by atoms with Crippen LogP contribution in [0.2, 0.25) is 0 Å². The minimum atomic E-state index is -0.351. The number of amides is 2. The van der Waals surface area contributed by atoms with Crippen LogP contribution in [0.3, 0.4) is 0 Å². The molecule has 2 aromatic rings. The number of aliphatic hydroxyl groups is 1. The standard InChI is InChI=1S/C18H14BrNO3S/c19-13-7-4-8-14(11-13)20-17(22)15(12-5-2-1-3-6-12)16(18(20)23)24-10-9-21/h1-8,11,21H,9-10H2. The molecule has 0 aromatic heterocycles. The normalized spacial score (nSPS) is 14.7. The number of thioether (sulfide) groups is 1. The maximum atomic E-state index is 13.0. The number of carbonyl (C=O) groups is 2. The van der Waals surface area contributed by atoms with Crippen LogP contribution in [-0.2, 0) is 9.59 Å². The Morgan fingerprint density at radius 3 is 2.42 bits per heavy atom. The first kappa shape index (κ1) is 17.0. The largest absolute Gasteiger partial charge is 0.396 e. The van der Waals surface area contributed by atoms with Gasteiger partial charge in [0.25, 0.3) is 11.8 Å². The van der Waals surface area contributed by atoms with Crippen LogP contribution in [0.25, 0.3) is 5.57 Å². The topological polar surface area (TPSA) is 57.6 Å². The van der Waals surface area contributed by atoms with Gasteiger partial charge < -0.3 is 5.11 Å². The van der Waals surface area contributed by atoms with Gasteiger partial charge in [0.15, 0.2) is 0 Å². The predicted molar refractivity (Wildman–Crippen MR) is 99.5 cm³/mol. The average molecular weight is 404 g/mol. The second-order valence-electron chi connectivity index (χ2n) is 5.07. The summed E-state index contributed by atoms with van der Waals surface area (Å²) in [6.45, 7) is -0.0609. The van der Waals surface area contributed by atoms with E-state index in [0.29, 0.717) is 27.5 Å². The predicted octanol–water partition coefficient (Wildman–Crippen LogP) is 3.46. The lowest BCUT2D eigenvalue weighted by molar-refractivity contribution is -0.119. The number of carbonyl (C=O) groups excluding carboxylic acids is 2. The van der Waals surface area contributed by atoms with Crippen LogP contribution < -0.4 is 4.90 Å². The molecule has 2 aromatic carbocycles. The van der Waals surface area contributed by atoms with Crippen LogP contribution in [0.5, 0.6) is 0 Å². The third-order valence-corrected chi connectivity index (χ3v) is 5.06. The minimum absolute atomic E-state index is 0.0609. The van der Waals surface area contributed by atoms with Crippen molar-refractivity contribution in [2.75, 3.05) is 17.3 Å². The summed E-state index contributed by atoms with van der Waals surface area (Å²) in [5.41, 5.74) is 1.61. The molecule has 1 aliphatic rings. The molecule has 0 saturated carbocycles. The van der Waals surface area contributed by atoms with E-state index in [0.717, 1.165) is 4.47 Å². The first-order valence-electron chi connectivity index (χ1n) is 7.31. The highest BCUT2D eigenvalue weighted by Crippen LogP contribution is 2.38. The van der Waals surface area contributed by atoms with Crippen molar-refractivity contribution >= 4 is 50.8 Å². The summed E-state index contributed by atoms with van der Waals surface area (Å²) in [6.07, 6.45) is 0. The van der Waals surface area contributed by atoms with E-state index in [2.05, 4.69) is 15.9 Å². The summed E-state index contributed by atoms with van der Waals surface area (Å²) in [6, 6.07) is 16.2. The summed E-state index contributed by atoms with van der Waals surface area (Å²) in [5, 5.41) is 9.10. The molecule has 1 N–H and O–H groups in total. The highest BCUT2D eigenvalue weighted by molar-refractivity contribution is 9.10. The molecular formula is C18H14BrNO3S. The molecule has 122 valence electrons. The summed E-state index contributed by atoms with van der Waals surface area (Å²) in [4.78, 5) is 27.4. The summed E-state index contributed by atoms with van der Waals surface area (Å²) < 4.78 is 0.790. The fourth-order valence-electron chi connectivity index (χ4n) is 2.50. The van der Waals surface area contributed by atoms with Crippen molar-refractivity contribution in [3.63, 3.8) is 0 Å². The van der Waals surface area contributed by atoms with E-state index in [4.69, 9.17) is 5.11 Å². The van der Waals surface area contributed by atoms with E-state index in [1.807, 2.05) is 36.4 Å². The zero-order valence-corrected chi connectivity index (χ0v) is 15.0. The number of aliphatic hydroxyl groups excluding tert-OH is 1. The van der Waals surface area contributed by atoms with Crippen LogP contribution in [-0.4, -0.2) is 29.3 Å². The van der Waals surface area contributed by atoms with E-state index >= 15 is 0 Å². The van der Waals surface area contributed by atoms with Crippen LogP contribution in [0.1, 0.15) is 5.56 Å². The van der Waals surface area contributed by atoms with Crippen molar-refractivity contribution in [3.8, 4) is 0 Å². The Hall–Kier alpha value is -1.89. The van der Waals surface area contributed by atoms with Crippen molar-refractivity contribution < 1.29 is 14.7 Å². The Bertz CT molecular complexity index is 820. The van der Waals surface area contributed by atoms with Gasteiger partial charge in [-0.3, -0.25) is 9.59 Å². The summed E-state index contributed by atoms with van der Waals surface area (Å²) in [5.74, 6) is -0.336. The quantitative estimate of drug-likeness (QED) is 0.776. The lowest BCUT2D eigenvalue weighted by Gasteiger charge is -2.15. The van der Waals surface area contributed by atoms with Crippen LogP contribution in [0.4, 0.5) is 5.69 Å². The number of benzene rings is 2. The number of nitrogens with zero attached hydrogens (tertiary/aromatic N) is 1. The average Bonchev–Trinajstić information content (AvgIpc) is 2.84. The Labute approximate surface area is 152 Å². The summed E-state index contributed by atoms with van der Waals surface area (Å²) in [7, 11) is 0. The first-order valence-corrected chi connectivity index (χ1v) is 9.09. The van der Waals surface area contributed by atoms with Gasteiger partial charge in [-0.1, -0.05) is 52.3 Å². The number of halogens is 1. The smallest absolute Gasteiger partial charge is 0.272 e. The first-order chi connectivity index (χ1) is 11.6. The fourth-order valence-corrected chi connectivity index (χ4v) is 3.75. The Morgan fingerprint density at radius 1 is 1.00 bits per heavy atom. The van der Waals surface area contributed by atoms with E-state index in [1.54, 1.807) is 18.2 Å². The van der Waals surface area contributed by atoms with Gasteiger partial charge in [-0.05, 0) is 23.8 Å².